The van der Waals surface area contributed by atoms with Crippen molar-refractivity contribution in [2.75, 3.05) is 6.61 Å². The average molecular weight is 701 g/mol. The van der Waals surface area contributed by atoms with Gasteiger partial charge in [-0.15, -0.1) is 0 Å². The summed E-state index contributed by atoms with van der Waals surface area (Å²) < 4.78 is 11.3. The summed E-state index contributed by atoms with van der Waals surface area (Å²) in [4.78, 5) is 56.6. The van der Waals surface area contributed by atoms with Gasteiger partial charge in [0.2, 0.25) is 17.9 Å². The van der Waals surface area contributed by atoms with E-state index in [1.807, 2.05) is 0 Å². The molecule has 0 radical (unpaired) electrons. The Morgan fingerprint density at radius 1 is 0.529 bits per heavy atom. The van der Waals surface area contributed by atoms with Gasteiger partial charge in [0.15, 0.2) is 11.6 Å². The second-order valence-corrected chi connectivity index (χ2v) is 12.6. The fourth-order valence-electron chi connectivity index (χ4n) is 6.99. The second-order valence-electron chi connectivity index (χ2n) is 12.6. The minimum absolute atomic E-state index is 0.339. The number of aliphatic hydroxyl groups excluding tert-OH is 4. The van der Waals surface area contributed by atoms with Crippen LogP contribution in [0.1, 0.15) is 74.8 Å². The number of carbonyl (C=O) groups is 4. The monoisotopic (exact) mass is 700 g/mol. The van der Waals surface area contributed by atoms with Crippen LogP contribution < -0.4 is 4.74 Å². The minimum atomic E-state index is -2.05. The zero-order chi connectivity index (χ0) is 37.0. The fourth-order valence-corrected chi connectivity index (χ4v) is 6.99. The molecule has 0 bridgehead atoms. The number of phenolic OH excluding ortho intramolecular Hbond substituents is 5. The molecule has 5 atom stereocenters. The number of hydrogen-bond donors (Lipinski definition) is 9. The van der Waals surface area contributed by atoms with Gasteiger partial charge in [-0.2, -0.15) is 0 Å². The molecule has 1 aliphatic heterocycles. The summed E-state index contributed by atoms with van der Waals surface area (Å²) in [5.41, 5.74) is -5.02. The molecule has 262 valence electrons. The van der Waals surface area contributed by atoms with Crippen LogP contribution in [-0.2, 0) is 4.74 Å². The number of ether oxygens (including phenoxy) is 2. The Morgan fingerprint density at radius 2 is 0.980 bits per heavy atom. The van der Waals surface area contributed by atoms with Gasteiger partial charge in [0.05, 0.1) is 28.9 Å². The van der Waals surface area contributed by atoms with Crippen LogP contribution >= 0.6 is 0 Å². The quantitative estimate of drug-likeness (QED) is 0.125. The predicted octanol–water partition coefficient (Wildman–Crippen LogP) is 1.23. The first kappa shape index (κ1) is 33.6. The van der Waals surface area contributed by atoms with E-state index in [0.717, 1.165) is 6.07 Å². The number of aromatic hydroxyl groups is 5. The molecular weight excluding hydrogens is 672 g/mol. The highest BCUT2D eigenvalue weighted by Crippen LogP contribution is 2.53. The van der Waals surface area contributed by atoms with E-state index in [0.29, 0.717) is 17.2 Å². The molecule has 51 heavy (non-hydrogen) atoms. The maximum atomic E-state index is 14.5. The van der Waals surface area contributed by atoms with Crippen LogP contribution in [0.4, 0.5) is 0 Å². The molecule has 0 spiro atoms. The summed E-state index contributed by atoms with van der Waals surface area (Å²) in [7, 11) is 0. The first-order chi connectivity index (χ1) is 24.1. The minimum Gasteiger partial charge on any atom is -0.507 e. The molecule has 0 amide bonds. The van der Waals surface area contributed by atoms with Crippen molar-refractivity contribution in [3.63, 3.8) is 0 Å². The largest absolute Gasteiger partial charge is 0.507 e. The van der Waals surface area contributed by atoms with E-state index in [1.165, 1.54) is 38.1 Å². The Bertz CT molecular complexity index is 2270. The van der Waals surface area contributed by atoms with Crippen molar-refractivity contribution in [1.82, 2.24) is 0 Å². The number of aliphatic hydroxyl groups is 4. The van der Waals surface area contributed by atoms with Gasteiger partial charge < -0.3 is 55.4 Å². The van der Waals surface area contributed by atoms with Crippen molar-refractivity contribution < 1.29 is 74.6 Å². The lowest BCUT2D eigenvalue weighted by Crippen LogP contribution is -2.60. The zero-order valence-corrected chi connectivity index (χ0v) is 26.5. The highest BCUT2D eigenvalue weighted by Gasteiger charge is 2.47. The molecule has 15 heteroatoms. The maximum Gasteiger partial charge on any atom is 0.229 e. The molecule has 7 rings (SSSR count). The van der Waals surface area contributed by atoms with Gasteiger partial charge in [0.25, 0.3) is 0 Å². The standard InChI is InChI=1S/C36H28O15/c1-10-3-12-21(14(38)5-10)32(46)24-17(41)7-16(40)23(27(24)29(12)43)26-19(50-36-35(49)34(48)31(45)20(9-37)51-36)8-18(42)25-28(26)30(44)13-4-11(2)6-15(39)22(13)33(25)47/h3-8,20,31,34-42,45,48-49H,9H2,1-2H3. The van der Waals surface area contributed by atoms with Crippen molar-refractivity contribution >= 4 is 23.1 Å². The Hall–Kier alpha value is -5.84. The molecule has 5 unspecified atom stereocenters. The van der Waals surface area contributed by atoms with Gasteiger partial charge in [0, 0.05) is 45.5 Å². The summed E-state index contributed by atoms with van der Waals surface area (Å²) in [6.45, 7) is 2.18. The third-order valence-electron chi connectivity index (χ3n) is 9.27. The Kier molecular flexibility index (Phi) is 7.66. The van der Waals surface area contributed by atoms with Crippen LogP contribution in [-0.4, -0.2) is 106 Å². The lowest BCUT2D eigenvalue weighted by atomic mass is 9.74. The van der Waals surface area contributed by atoms with Gasteiger partial charge in [-0.05, 0) is 49.2 Å². The first-order valence-corrected chi connectivity index (χ1v) is 15.4. The molecule has 0 aromatic heterocycles. The molecule has 2 aliphatic carbocycles. The van der Waals surface area contributed by atoms with Gasteiger partial charge in [-0.1, -0.05) is 0 Å². The van der Waals surface area contributed by atoms with E-state index in [1.54, 1.807) is 0 Å². The Balaban J connectivity index is 1.58. The highest BCUT2D eigenvalue weighted by atomic mass is 16.7. The van der Waals surface area contributed by atoms with Gasteiger partial charge >= 0.3 is 0 Å². The van der Waals surface area contributed by atoms with E-state index in [2.05, 4.69) is 0 Å². The van der Waals surface area contributed by atoms with Gasteiger partial charge in [0.1, 0.15) is 58.9 Å². The Labute approximate surface area is 286 Å². The lowest BCUT2D eigenvalue weighted by Gasteiger charge is -2.40. The van der Waals surface area contributed by atoms with E-state index in [4.69, 9.17) is 9.47 Å². The fraction of sp³-hybridized carbons (Fsp3) is 0.222. The third kappa shape index (κ3) is 4.78. The van der Waals surface area contributed by atoms with Crippen molar-refractivity contribution in [2.24, 2.45) is 0 Å². The molecule has 15 nitrogen and oxygen atoms in total. The molecule has 4 aromatic rings. The normalized spacial score (nSPS) is 22.3. The zero-order valence-electron chi connectivity index (χ0n) is 26.5. The topological polar surface area (TPSA) is 269 Å². The molecule has 1 fully saturated rings. The SMILES string of the molecule is Cc1cc(O)c2c(c1)C(=O)c1c(c(O)cc(O)c1-c1c(OC3OC(CO)C(O)C(O)C3O)cc(O)c3c1C(=O)c1cc(C)cc(O)c1C3=O)C2=O. The number of carbonyl (C=O) groups excluding carboxylic acids is 4. The highest BCUT2D eigenvalue weighted by molar-refractivity contribution is 6.35. The summed E-state index contributed by atoms with van der Waals surface area (Å²) >= 11 is 0. The van der Waals surface area contributed by atoms with Crippen molar-refractivity contribution in [3.8, 4) is 45.6 Å². The number of aryl methyl sites for hydroxylation is 2. The third-order valence-corrected chi connectivity index (χ3v) is 9.27. The van der Waals surface area contributed by atoms with E-state index >= 15 is 0 Å². The van der Waals surface area contributed by atoms with Gasteiger partial charge in [-0.3, -0.25) is 19.2 Å². The maximum absolute atomic E-state index is 14.5. The second kappa shape index (κ2) is 11.6. The van der Waals surface area contributed by atoms with Gasteiger partial charge in [-0.25, -0.2) is 0 Å². The number of phenols is 5. The number of rotatable bonds is 4. The summed E-state index contributed by atoms with van der Waals surface area (Å²) in [6, 6.07) is 6.41. The molecule has 3 aliphatic rings. The van der Waals surface area contributed by atoms with E-state index in [9.17, 15) is 65.1 Å². The lowest BCUT2D eigenvalue weighted by molar-refractivity contribution is -0.277. The van der Waals surface area contributed by atoms with E-state index < -0.39 is 139 Å². The number of ketones is 4. The van der Waals surface area contributed by atoms with E-state index in [-0.39, 0.29) is 11.1 Å². The number of hydrogen-bond acceptors (Lipinski definition) is 15. The molecule has 9 N–H and O–H groups in total. The van der Waals surface area contributed by atoms with Crippen LogP contribution in [0.5, 0.6) is 34.5 Å². The van der Waals surface area contributed by atoms with Crippen LogP contribution in [0, 0.1) is 13.8 Å². The molecule has 1 saturated heterocycles. The van der Waals surface area contributed by atoms with Crippen molar-refractivity contribution in [2.45, 2.75) is 44.6 Å². The first-order valence-electron chi connectivity index (χ1n) is 15.4. The van der Waals surface area contributed by atoms with Crippen molar-refractivity contribution in [1.29, 1.82) is 0 Å². The summed E-state index contributed by atoms with van der Waals surface area (Å²) in [5, 5.41) is 96.4. The van der Waals surface area contributed by atoms with Crippen molar-refractivity contribution in [3.05, 3.63) is 92.0 Å². The van der Waals surface area contributed by atoms with Crippen LogP contribution in [0.2, 0.25) is 0 Å². The predicted molar refractivity (Wildman–Crippen MR) is 171 cm³/mol. The molecule has 4 aromatic carbocycles. The summed E-state index contributed by atoms with van der Waals surface area (Å²) in [6.07, 6.45) is -9.29. The molecular formula is C36H28O15. The van der Waals surface area contributed by atoms with Crippen LogP contribution in [0.15, 0.2) is 36.4 Å². The average Bonchev–Trinajstić information content (AvgIpc) is 3.05. The van der Waals surface area contributed by atoms with Crippen LogP contribution in [0.3, 0.4) is 0 Å². The molecule has 1 heterocycles. The Morgan fingerprint density at radius 3 is 1.49 bits per heavy atom. The summed E-state index contributed by atoms with van der Waals surface area (Å²) in [5.74, 6) is -8.76. The molecule has 0 saturated carbocycles. The van der Waals surface area contributed by atoms with Crippen LogP contribution in [0.25, 0.3) is 11.1 Å². The number of benzene rings is 4. The number of fused-ring (bicyclic) bond motifs is 4. The smallest absolute Gasteiger partial charge is 0.229 e.